The number of carbonyl (C=O) groups excluding carboxylic acids is 1. The van der Waals surface area contributed by atoms with E-state index in [4.69, 9.17) is 4.74 Å². The number of rotatable bonds is 4. The summed E-state index contributed by atoms with van der Waals surface area (Å²) in [5.41, 5.74) is 0.838. The Balaban J connectivity index is 1.83. The summed E-state index contributed by atoms with van der Waals surface area (Å²) in [6.07, 6.45) is 4.00. The fourth-order valence-corrected chi connectivity index (χ4v) is 1.37. The van der Waals surface area contributed by atoms with Crippen molar-refractivity contribution >= 4 is 5.97 Å². The van der Waals surface area contributed by atoms with Crippen molar-refractivity contribution in [2.75, 3.05) is 0 Å². The number of hydrogen-bond donors (Lipinski definition) is 0. The second-order valence-corrected chi connectivity index (χ2v) is 3.49. The van der Waals surface area contributed by atoms with Gasteiger partial charge in [0.1, 0.15) is 12.1 Å². The minimum Gasteiger partial charge on any atom is -0.427 e. The number of esters is 1. The molecule has 0 unspecified atom stereocenters. The molecular formula is C13H12N2O2. The van der Waals surface area contributed by atoms with Crippen LogP contribution < -0.4 is 4.74 Å². The molecule has 2 rings (SSSR count). The number of aromatic nitrogens is 2. The SMILES string of the molecule is O=C(CCc1ccncn1)Oc1ccccc1. The normalized spacial score (nSPS) is 9.88. The van der Waals surface area contributed by atoms with Gasteiger partial charge in [-0.2, -0.15) is 0 Å². The third kappa shape index (κ3) is 3.68. The van der Waals surface area contributed by atoms with Crippen molar-refractivity contribution in [2.24, 2.45) is 0 Å². The molecule has 0 aliphatic heterocycles. The Morgan fingerprint density at radius 3 is 2.71 bits per heavy atom. The van der Waals surface area contributed by atoms with Crippen LogP contribution in [0.4, 0.5) is 0 Å². The summed E-state index contributed by atoms with van der Waals surface area (Å²) >= 11 is 0. The van der Waals surface area contributed by atoms with Crippen LogP contribution in [-0.4, -0.2) is 15.9 Å². The summed E-state index contributed by atoms with van der Waals surface area (Å²) in [4.78, 5) is 19.4. The van der Waals surface area contributed by atoms with Crippen LogP contribution in [0.1, 0.15) is 12.1 Å². The van der Waals surface area contributed by atoms with Crippen molar-refractivity contribution in [2.45, 2.75) is 12.8 Å². The maximum absolute atomic E-state index is 11.5. The van der Waals surface area contributed by atoms with Gasteiger partial charge in [0, 0.05) is 18.3 Å². The van der Waals surface area contributed by atoms with Crippen molar-refractivity contribution in [3.05, 3.63) is 54.6 Å². The van der Waals surface area contributed by atoms with Crippen LogP contribution in [0.5, 0.6) is 5.75 Å². The lowest BCUT2D eigenvalue weighted by molar-refractivity contribution is -0.134. The van der Waals surface area contributed by atoms with Gasteiger partial charge in [-0.3, -0.25) is 4.79 Å². The van der Waals surface area contributed by atoms with E-state index in [1.165, 1.54) is 6.33 Å². The van der Waals surface area contributed by atoms with Gasteiger partial charge < -0.3 is 4.74 Å². The molecule has 1 heterocycles. The van der Waals surface area contributed by atoms with E-state index in [1.54, 1.807) is 24.4 Å². The molecule has 2 aromatic rings. The highest BCUT2D eigenvalue weighted by molar-refractivity contribution is 5.72. The van der Waals surface area contributed by atoms with Crippen molar-refractivity contribution < 1.29 is 9.53 Å². The molecule has 0 aliphatic rings. The van der Waals surface area contributed by atoms with E-state index in [9.17, 15) is 4.79 Å². The maximum Gasteiger partial charge on any atom is 0.311 e. The lowest BCUT2D eigenvalue weighted by Crippen LogP contribution is -2.09. The topological polar surface area (TPSA) is 52.1 Å². The molecule has 1 aromatic heterocycles. The fraction of sp³-hybridized carbons (Fsp3) is 0.154. The van der Waals surface area contributed by atoms with Crippen LogP contribution in [-0.2, 0) is 11.2 Å². The zero-order valence-electron chi connectivity index (χ0n) is 9.24. The molecule has 0 bridgehead atoms. The largest absolute Gasteiger partial charge is 0.427 e. The Morgan fingerprint density at radius 2 is 2.00 bits per heavy atom. The highest BCUT2D eigenvalue weighted by atomic mass is 16.5. The lowest BCUT2D eigenvalue weighted by atomic mass is 10.2. The molecule has 0 amide bonds. The van der Waals surface area contributed by atoms with Gasteiger partial charge in [-0.1, -0.05) is 18.2 Å². The summed E-state index contributed by atoms with van der Waals surface area (Å²) in [7, 11) is 0. The van der Waals surface area contributed by atoms with E-state index >= 15 is 0 Å². The standard InChI is InChI=1S/C13H12N2O2/c16-13(17-12-4-2-1-3-5-12)7-6-11-8-9-14-10-15-11/h1-5,8-10H,6-7H2. The molecule has 1 aromatic carbocycles. The number of ether oxygens (including phenoxy) is 1. The second kappa shape index (κ2) is 5.75. The Kier molecular flexibility index (Phi) is 3.81. The number of benzene rings is 1. The first-order valence-corrected chi connectivity index (χ1v) is 5.35. The highest BCUT2D eigenvalue weighted by Crippen LogP contribution is 2.09. The van der Waals surface area contributed by atoms with Gasteiger partial charge in [0.2, 0.25) is 0 Å². The van der Waals surface area contributed by atoms with Gasteiger partial charge in [-0.15, -0.1) is 0 Å². The number of hydrogen-bond acceptors (Lipinski definition) is 4. The van der Waals surface area contributed by atoms with Crippen molar-refractivity contribution in [3.8, 4) is 5.75 Å². The molecule has 0 saturated heterocycles. The van der Waals surface area contributed by atoms with Gasteiger partial charge in [-0.05, 0) is 18.2 Å². The van der Waals surface area contributed by atoms with Crippen molar-refractivity contribution in [1.82, 2.24) is 9.97 Å². The lowest BCUT2D eigenvalue weighted by Gasteiger charge is -2.03. The molecule has 0 N–H and O–H groups in total. The Morgan fingerprint density at radius 1 is 1.18 bits per heavy atom. The molecule has 4 nitrogen and oxygen atoms in total. The Labute approximate surface area is 99.3 Å². The van der Waals surface area contributed by atoms with E-state index in [0.717, 1.165) is 5.69 Å². The van der Waals surface area contributed by atoms with Crippen LogP contribution in [0.2, 0.25) is 0 Å². The quantitative estimate of drug-likeness (QED) is 0.593. The monoisotopic (exact) mass is 228 g/mol. The van der Waals surface area contributed by atoms with Crippen LogP contribution in [0.15, 0.2) is 48.9 Å². The minimum atomic E-state index is -0.255. The smallest absolute Gasteiger partial charge is 0.311 e. The molecule has 0 radical (unpaired) electrons. The fourth-order valence-electron chi connectivity index (χ4n) is 1.37. The van der Waals surface area contributed by atoms with Crippen molar-refractivity contribution in [1.29, 1.82) is 0 Å². The van der Waals surface area contributed by atoms with E-state index in [2.05, 4.69) is 9.97 Å². The zero-order valence-corrected chi connectivity index (χ0v) is 9.24. The van der Waals surface area contributed by atoms with Gasteiger partial charge in [-0.25, -0.2) is 9.97 Å². The number of para-hydroxylation sites is 1. The van der Waals surface area contributed by atoms with E-state index in [1.807, 2.05) is 18.2 Å². The predicted molar refractivity (Wildman–Crippen MR) is 62.4 cm³/mol. The van der Waals surface area contributed by atoms with Crippen LogP contribution in [0.3, 0.4) is 0 Å². The first kappa shape index (κ1) is 11.3. The summed E-state index contributed by atoms with van der Waals surface area (Å²) in [6.45, 7) is 0. The maximum atomic E-state index is 11.5. The number of nitrogens with zero attached hydrogens (tertiary/aromatic N) is 2. The highest BCUT2D eigenvalue weighted by Gasteiger charge is 2.05. The summed E-state index contributed by atoms with van der Waals surface area (Å²) in [5.74, 6) is 0.315. The van der Waals surface area contributed by atoms with E-state index in [0.29, 0.717) is 18.6 Å². The van der Waals surface area contributed by atoms with Gasteiger partial charge >= 0.3 is 5.97 Å². The summed E-state index contributed by atoms with van der Waals surface area (Å²) < 4.78 is 5.15. The first-order valence-electron chi connectivity index (χ1n) is 5.35. The van der Waals surface area contributed by atoms with Gasteiger partial charge in [0.15, 0.2) is 0 Å². The van der Waals surface area contributed by atoms with Crippen molar-refractivity contribution in [3.63, 3.8) is 0 Å². The molecular weight excluding hydrogens is 216 g/mol. The molecule has 86 valence electrons. The molecule has 0 atom stereocenters. The van der Waals surface area contributed by atoms with Crippen LogP contribution >= 0.6 is 0 Å². The Hall–Kier alpha value is -2.23. The predicted octanol–water partition coefficient (Wildman–Crippen LogP) is 2.01. The molecule has 17 heavy (non-hydrogen) atoms. The Bertz CT molecular complexity index is 471. The second-order valence-electron chi connectivity index (χ2n) is 3.49. The van der Waals surface area contributed by atoms with E-state index < -0.39 is 0 Å². The first-order chi connectivity index (χ1) is 8.34. The zero-order chi connectivity index (χ0) is 11.9. The number of carbonyl (C=O) groups is 1. The summed E-state index contributed by atoms with van der Waals surface area (Å²) in [5, 5.41) is 0. The van der Waals surface area contributed by atoms with Gasteiger partial charge in [0.25, 0.3) is 0 Å². The van der Waals surface area contributed by atoms with Crippen LogP contribution in [0.25, 0.3) is 0 Å². The average molecular weight is 228 g/mol. The molecule has 0 saturated carbocycles. The molecule has 0 aliphatic carbocycles. The summed E-state index contributed by atoms with van der Waals surface area (Å²) in [6, 6.07) is 10.8. The average Bonchev–Trinajstić information content (AvgIpc) is 2.39. The van der Waals surface area contributed by atoms with Crippen LogP contribution in [0, 0.1) is 0 Å². The third-order valence-corrected chi connectivity index (χ3v) is 2.20. The number of aryl methyl sites for hydroxylation is 1. The van der Waals surface area contributed by atoms with Gasteiger partial charge in [0.05, 0.1) is 6.42 Å². The minimum absolute atomic E-state index is 0.255. The molecule has 0 fully saturated rings. The third-order valence-electron chi connectivity index (χ3n) is 2.20. The molecule has 0 spiro atoms. The molecule has 4 heteroatoms. The van der Waals surface area contributed by atoms with E-state index in [-0.39, 0.29) is 5.97 Å².